The average molecular weight is 254 g/mol. The van der Waals surface area contributed by atoms with Crippen LogP contribution in [-0.2, 0) is 14.3 Å². The largest absolute Gasteiger partial charge is 0.454 e. The van der Waals surface area contributed by atoms with Gasteiger partial charge in [0.15, 0.2) is 5.76 Å². The second-order valence-electron chi connectivity index (χ2n) is 4.25. The number of nitrogens with two attached hydrogens (primary N) is 1. The molecule has 0 fully saturated rings. The Kier molecular flexibility index (Phi) is 2.50. The van der Waals surface area contributed by atoms with Crippen LogP contribution >= 0.6 is 0 Å². The molecule has 0 spiro atoms. The summed E-state index contributed by atoms with van der Waals surface area (Å²) < 4.78 is 10.3. The first-order chi connectivity index (χ1) is 9.22. The molecule has 3 rings (SSSR count). The fourth-order valence-corrected chi connectivity index (χ4v) is 2.34. The Balaban J connectivity index is 2.18. The van der Waals surface area contributed by atoms with Crippen molar-refractivity contribution in [1.29, 1.82) is 5.26 Å². The molecule has 1 unspecified atom stereocenters. The number of nitrogens with zero attached hydrogens (tertiary/aromatic N) is 1. The van der Waals surface area contributed by atoms with E-state index in [1.54, 1.807) is 0 Å². The molecule has 0 saturated heterocycles. The summed E-state index contributed by atoms with van der Waals surface area (Å²) in [6.07, 6.45) is 0. The lowest BCUT2D eigenvalue weighted by atomic mass is 9.84. The van der Waals surface area contributed by atoms with Crippen LogP contribution in [0.15, 0.2) is 53.1 Å². The van der Waals surface area contributed by atoms with Gasteiger partial charge in [-0.3, -0.25) is 0 Å². The molecule has 1 aromatic rings. The Morgan fingerprint density at radius 1 is 1.32 bits per heavy atom. The molecule has 2 aliphatic heterocycles. The molecule has 0 aromatic heterocycles. The summed E-state index contributed by atoms with van der Waals surface area (Å²) in [6, 6.07) is 11.3. The van der Waals surface area contributed by atoms with Crippen molar-refractivity contribution in [2.45, 2.75) is 5.92 Å². The molecule has 1 aromatic carbocycles. The molecule has 5 heteroatoms. The van der Waals surface area contributed by atoms with Crippen molar-refractivity contribution in [2.75, 3.05) is 6.61 Å². The zero-order valence-corrected chi connectivity index (χ0v) is 9.92. The second-order valence-corrected chi connectivity index (χ2v) is 4.25. The molecule has 0 saturated carbocycles. The van der Waals surface area contributed by atoms with Gasteiger partial charge in [-0.1, -0.05) is 30.3 Å². The lowest BCUT2D eigenvalue weighted by Crippen LogP contribution is -2.21. The Morgan fingerprint density at radius 2 is 2.05 bits per heavy atom. The van der Waals surface area contributed by atoms with E-state index < -0.39 is 11.9 Å². The van der Waals surface area contributed by atoms with Gasteiger partial charge in [-0.15, -0.1) is 0 Å². The first-order valence-corrected chi connectivity index (χ1v) is 5.75. The summed E-state index contributed by atoms with van der Waals surface area (Å²) in [4.78, 5) is 11.8. The topological polar surface area (TPSA) is 85.3 Å². The monoisotopic (exact) mass is 254 g/mol. The van der Waals surface area contributed by atoms with Crippen LogP contribution in [0.25, 0.3) is 0 Å². The molecule has 0 radical (unpaired) electrons. The zero-order valence-electron chi connectivity index (χ0n) is 9.92. The minimum atomic E-state index is -0.509. The van der Waals surface area contributed by atoms with Gasteiger partial charge in [0.2, 0.25) is 5.88 Å². The maximum Gasteiger partial charge on any atom is 0.339 e. The van der Waals surface area contributed by atoms with E-state index in [4.69, 9.17) is 15.2 Å². The number of esters is 1. The minimum absolute atomic E-state index is 0.0356. The average Bonchev–Trinajstić information content (AvgIpc) is 2.79. The van der Waals surface area contributed by atoms with Crippen molar-refractivity contribution in [3.05, 3.63) is 58.7 Å². The van der Waals surface area contributed by atoms with Gasteiger partial charge in [0.1, 0.15) is 18.2 Å². The van der Waals surface area contributed by atoms with E-state index in [2.05, 4.69) is 0 Å². The predicted molar refractivity (Wildman–Crippen MR) is 65.1 cm³/mol. The first kappa shape index (κ1) is 11.4. The number of ether oxygens (including phenoxy) is 2. The third kappa shape index (κ3) is 1.66. The highest BCUT2D eigenvalue weighted by Gasteiger charge is 2.41. The van der Waals surface area contributed by atoms with Gasteiger partial charge >= 0.3 is 5.97 Å². The van der Waals surface area contributed by atoms with Crippen molar-refractivity contribution in [3.8, 4) is 6.07 Å². The molecular formula is C14H10N2O3. The summed E-state index contributed by atoms with van der Waals surface area (Å²) in [5, 5.41) is 9.26. The normalized spacial score (nSPS) is 21.6. The molecule has 5 nitrogen and oxygen atoms in total. The second kappa shape index (κ2) is 4.18. The maximum absolute atomic E-state index is 11.8. The van der Waals surface area contributed by atoms with Crippen molar-refractivity contribution < 1.29 is 14.3 Å². The number of benzene rings is 1. The number of nitriles is 1. The Hall–Kier alpha value is -2.74. The van der Waals surface area contributed by atoms with Gasteiger partial charge in [0.05, 0.1) is 11.5 Å². The molecule has 2 aliphatic rings. The minimum Gasteiger partial charge on any atom is -0.454 e. The van der Waals surface area contributed by atoms with Crippen LogP contribution in [0.1, 0.15) is 11.5 Å². The summed E-state index contributed by atoms with van der Waals surface area (Å²) in [7, 11) is 0. The molecule has 1 atom stereocenters. The van der Waals surface area contributed by atoms with Crippen LogP contribution in [-0.4, -0.2) is 12.6 Å². The number of carbonyl (C=O) groups excluding carboxylic acids is 1. The lowest BCUT2D eigenvalue weighted by molar-refractivity contribution is -0.136. The summed E-state index contributed by atoms with van der Waals surface area (Å²) >= 11 is 0. The van der Waals surface area contributed by atoms with Crippen LogP contribution in [0.5, 0.6) is 0 Å². The SMILES string of the molecule is N#CC1=C(N)OC2=C(C(=O)OC2)C1c1ccccc1. The number of carbonyl (C=O) groups is 1. The van der Waals surface area contributed by atoms with E-state index in [0.717, 1.165) is 5.56 Å². The summed E-state index contributed by atoms with van der Waals surface area (Å²) in [5.74, 6) is -0.530. The molecule has 0 bridgehead atoms. The van der Waals surface area contributed by atoms with E-state index in [-0.39, 0.29) is 18.1 Å². The first-order valence-electron chi connectivity index (χ1n) is 5.75. The zero-order chi connectivity index (χ0) is 13.4. The third-order valence-corrected chi connectivity index (χ3v) is 3.18. The van der Waals surface area contributed by atoms with E-state index in [1.807, 2.05) is 36.4 Å². The molecular weight excluding hydrogens is 244 g/mol. The van der Waals surface area contributed by atoms with Gasteiger partial charge in [0, 0.05) is 0 Å². The highest BCUT2D eigenvalue weighted by atomic mass is 16.6. The Bertz CT molecular complexity index is 653. The van der Waals surface area contributed by atoms with E-state index in [1.165, 1.54) is 0 Å². The number of rotatable bonds is 1. The van der Waals surface area contributed by atoms with Gasteiger partial charge in [-0.2, -0.15) is 5.26 Å². The van der Waals surface area contributed by atoms with Crippen LogP contribution in [0, 0.1) is 11.3 Å². The van der Waals surface area contributed by atoms with Gasteiger partial charge < -0.3 is 15.2 Å². The van der Waals surface area contributed by atoms with Crippen molar-refractivity contribution in [3.63, 3.8) is 0 Å². The van der Waals surface area contributed by atoms with E-state index in [0.29, 0.717) is 11.3 Å². The quantitative estimate of drug-likeness (QED) is 0.763. The third-order valence-electron chi connectivity index (χ3n) is 3.18. The Labute approximate surface area is 109 Å². The number of hydrogen-bond acceptors (Lipinski definition) is 5. The molecule has 94 valence electrons. The van der Waals surface area contributed by atoms with Crippen molar-refractivity contribution in [1.82, 2.24) is 0 Å². The molecule has 19 heavy (non-hydrogen) atoms. The van der Waals surface area contributed by atoms with E-state index in [9.17, 15) is 10.1 Å². The van der Waals surface area contributed by atoms with E-state index >= 15 is 0 Å². The smallest absolute Gasteiger partial charge is 0.339 e. The van der Waals surface area contributed by atoms with Crippen molar-refractivity contribution >= 4 is 5.97 Å². The summed E-state index contributed by atoms with van der Waals surface area (Å²) in [5.41, 5.74) is 7.18. The molecule has 2 heterocycles. The maximum atomic E-state index is 11.8. The van der Waals surface area contributed by atoms with Gasteiger partial charge in [-0.05, 0) is 5.56 Å². The number of hydrogen-bond donors (Lipinski definition) is 1. The predicted octanol–water partition coefficient (Wildman–Crippen LogP) is 1.31. The van der Waals surface area contributed by atoms with Crippen LogP contribution in [0.3, 0.4) is 0 Å². The lowest BCUT2D eigenvalue weighted by Gasteiger charge is -2.23. The van der Waals surface area contributed by atoms with Gasteiger partial charge in [-0.25, -0.2) is 4.79 Å². The van der Waals surface area contributed by atoms with Crippen LogP contribution in [0.2, 0.25) is 0 Å². The fraction of sp³-hybridized carbons (Fsp3) is 0.143. The highest BCUT2D eigenvalue weighted by molar-refractivity contribution is 5.94. The Morgan fingerprint density at radius 3 is 2.74 bits per heavy atom. The number of allylic oxidation sites excluding steroid dienone is 1. The molecule has 0 amide bonds. The molecule has 0 aliphatic carbocycles. The number of cyclic esters (lactones) is 1. The summed E-state index contributed by atoms with van der Waals surface area (Å²) in [6.45, 7) is 0.0664. The standard InChI is InChI=1S/C14H10N2O3/c15-6-9-11(8-4-2-1-3-5-8)12-10(19-13(9)16)7-18-14(12)17/h1-5,11H,7,16H2. The van der Waals surface area contributed by atoms with Crippen molar-refractivity contribution in [2.24, 2.45) is 5.73 Å². The van der Waals surface area contributed by atoms with Gasteiger partial charge in [0.25, 0.3) is 0 Å². The van der Waals surface area contributed by atoms with Crippen LogP contribution in [0.4, 0.5) is 0 Å². The molecule has 2 N–H and O–H groups in total. The van der Waals surface area contributed by atoms with Crippen LogP contribution < -0.4 is 5.73 Å². The fourth-order valence-electron chi connectivity index (χ4n) is 2.34. The highest BCUT2D eigenvalue weighted by Crippen LogP contribution is 2.41.